The third kappa shape index (κ3) is 3.78. The predicted molar refractivity (Wildman–Crippen MR) is 56.1 cm³/mol. The summed E-state index contributed by atoms with van der Waals surface area (Å²) in [5.41, 5.74) is 0.252. The monoisotopic (exact) mass is 208 g/mol. The van der Waals surface area contributed by atoms with Crippen LogP contribution in [0.3, 0.4) is 0 Å². The second-order valence-corrected chi connectivity index (χ2v) is 4.19. The Bertz CT molecular complexity index is 285. The van der Waals surface area contributed by atoms with Gasteiger partial charge in [0.05, 0.1) is 13.1 Å². The molecular weight excluding hydrogens is 192 g/mol. The van der Waals surface area contributed by atoms with Crippen LogP contribution in [0.4, 0.5) is 0 Å². The van der Waals surface area contributed by atoms with Crippen molar-refractivity contribution in [3.63, 3.8) is 0 Å². The molecule has 4 nitrogen and oxygen atoms in total. The minimum absolute atomic E-state index is 0.252. The highest BCUT2D eigenvalue weighted by Gasteiger charge is 2.35. The van der Waals surface area contributed by atoms with Gasteiger partial charge in [0, 0.05) is 0 Å². The number of isocyanates is 2. The summed E-state index contributed by atoms with van der Waals surface area (Å²) in [6.45, 7) is 1.18. The summed E-state index contributed by atoms with van der Waals surface area (Å²) < 4.78 is 0. The average Bonchev–Trinajstić information content (AvgIpc) is 2.20. The Morgan fingerprint density at radius 3 is 2.33 bits per heavy atom. The first-order valence-electron chi connectivity index (χ1n) is 5.40. The lowest BCUT2D eigenvalue weighted by atomic mass is 9.66. The quantitative estimate of drug-likeness (QED) is 0.365. The van der Waals surface area contributed by atoms with E-state index in [0.29, 0.717) is 13.1 Å². The summed E-state index contributed by atoms with van der Waals surface area (Å²) in [5.74, 6) is 0. The third-order valence-corrected chi connectivity index (χ3v) is 3.18. The lowest BCUT2D eigenvalue weighted by Gasteiger charge is -2.40. The number of hydrogen-bond donors (Lipinski definition) is 0. The van der Waals surface area contributed by atoms with Gasteiger partial charge in [-0.3, -0.25) is 0 Å². The van der Waals surface area contributed by atoms with E-state index in [1.165, 1.54) is 12.5 Å². The average molecular weight is 208 g/mol. The second kappa shape index (κ2) is 6.28. The number of nitrogens with zero attached hydrogens (tertiary/aromatic N) is 2. The van der Waals surface area contributed by atoms with Gasteiger partial charge in [0.1, 0.15) is 0 Å². The van der Waals surface area contributed by atoms with Crippen molar-refractivity contribution in [1.82, 2.24) is 0 Å². The molecule has 82 valence electrons. The molecule has 0 radical (unpaired) electrons. The maximum atomic E-state index is 10.1. The molecule has 0 aromatic rings. The molecule has 1 aliphatic carbocycles. The van der Waals surface area contributed by atoms with Gasteiger partial charge in [0.15, 0.2) is 0 Å². The zero-order chi connectivity index (χ0) is 11.0. The van der Waals surface area contributed by atoms with Crippen LogP contribution in [0.15, 0.2) is 9.98 Å². The van der Waals surface area contributed by atoms with Gasteiger partial charge in [0.25, 0.3) is 0 Å². The fraction of sp³-hybridized carbons (Fsp3) is 0.818. The molecule has 0 aliphatic heterocycles. The number of carbonyl (C=O) groups excluding carboxylic acids is 2. The van der Waals surface area contributed by atoms with Gasteiger partial charge in [-0.05, 0) is 31.1 Å². The highest BCUT2D eigenvalue weighted by atomic mass is 16.1. The van der Waals surface area contributed by atoms with E-state index in [4.69, 9.17) is 0 Å². The van der Waals surface area contributed by atoms with E-state index >= 15 is 0 Å². The van der Waals surface area contributed by atoms with Gasteiger partial charge in [0.2, 0.25) is 12.2 Å². The lowest BCUT2D eigenvalue weighted by molar-refractivity contribution is 0.127. The third-order valence-electron chi connectivity index (χ3n) is 3.18. The van der Waals surface area contributed by atoms with Crippen molar-refractivity contribution in [2.45, 2.75) is 38.5 Å². The van der Waals surface area contributed by atoms with Gasteiger partial charge in [-0.1, -0.05) is 12.8 Å². The van der Waals surface area contributed by atoms with Gasteiger partial charge in [-0.15, -0.1) is 0 Å². The molecule has 0 heterocycles. The summed E-state index contributed by atoms with van der Waals surface area (Å²) in [5, 5.41) is 0. The molecule has 0 N–H and O–H groups in total. The standard InChI is InChI=1S/C11H16N2O2/c14-9-12-7-2-1-4-11(5-3-6-11)8-13-10-15/h1-8H2. The van der Waals surface area contributed by atoms with Crippen LogP contribution >= 0.6 is 0 Å². The molecule has 0 unspecified atom stereocenters. The Morgan fingerprint density at radius 1 is 1.07 bits per heavy atom. The van der Waals surface area contributed by atoms with Crippen molar-refractivity contribution in [1.29, 1.82) is 0 Å². The molecule has 0 aromatic heterocycles. The highest BCUT2D eigenvalue weighted by molar-refractivity contribution is 5.33. The minimum Gasteiger partial charge on any atom is -0.211 e. The maximum Gasteiger partial charge on any atom is 0.234 e. The molecule has 1 saturated carbocycles. The summed E-state index contributed by atoms with van der Waals surface area (Å²) in [6.07, 6.45) is 9.74. The summed E-state index contributed by atoms with van der Waals surface area (Å²) in [7, 11) is 0. The Hall–Kier alpha value is -1.24. The highest BCUT2D eigenvalue weighted by Crippen LogP contribution is 2.45. The summed E-state index contributed by atoms with van der Waals surface area (Å²) in [4.78, 5) is 27.1. The van der Waals surface area contributed by atoms with E-state index < -0.39 is 0 Å². The Kier molecular flexibility index (Phi) is 4.96. The number of hydrogen-bond acceptors (Lipinski definition) is 4. The van der Waals surface area contributed by atoms with E-state index in [-0.39, 0.29) is 5.41 Å². The molecule has 0 spiro atoms. The smallest absolute Gasteiger partial charge is 0.211 e. The molecule has 1 fully saturated rings. The van der Waals surface area contributed by atoms with Crippen LogP contribution < -0.4 is 0 Å². The molecule has 0 bridgehead atoms. The zero-order valence-corrected chi connectivity index (χ0v) is 8.87. The number of aliphatic imine (C=N–C) groups is 2. The number of rotatable bonds is 7. The van der Waals surface area contributed by atoms with Crippen molar-refractivity contribution in [3.05, 3.63) is 0 Å². The maximum absolute atomic E-state index is 10.1. The topological polar surface area (TPSA) is 58.9 Å². The van der Waals surface area contributed by atoms with Crippen LogP contribution in [-0.4, -0.2) is 25.2 Å². The minimum atomic E-state index is 0.252. The van der Waals surface area contributed by atoms with E-state index in [1.54, 1.807) is 6.08 Å². The molecule has 1 aliphatic rings. The van der Waals surface area contributed by atoms with Crippen molar-refractivity contribution in [2.75, 3.05) is 13.1 Å². The van der Waals surface area contributed by atoms with Crippen molar-refractivity contribution >= 4 is 12.2 Å². The Balaban J connectivity index is 2.21. The van der Waals surface area contributed by atoms with Gasteiger partial charge >= 0.3 is 0 Å². The molecular formula is C11H16N2O2. The first kappa shape index (κ1) is 11.8. The zero-order valence-electron chi connectivity index (χ0n) is 8.87. The van der Waals surface area contributed by atoms with Crippen LogP contribution in [0, 0.1) is 5.41 Å². The molecule has 0 saturated heterocycles. The largest absolute Gasteiger partial charge is 0.234 e. The summed E-state index contributed by atoms with van der Waals surface area (Å²) >= 11 is 0. The van der Waals surface area contributed by atoms with Crippen molar-refractivity contribution in [2.24, 2.45) is 15.4 Å². The Morgan fingerprint density at radius 2 is 1.80 bits per heavy atom. The van der Waals surface area contributed by atoms with E-state index in [0.717, 1.165) is 32.1 Å². The molecule has 0 atom stereocenters. The van der Waals surface area contributed by atoms with Crippen LogP contribution in [0.25, 0.3) is 0 Å². The SMILES string of the molecule is O=C=NCCCCC1(CN=C=O)CCC1. The molecule has 1 rings (SSSR count). The molecule has 15 heavy (non-hydrogen) atoms. The van der Waals surface area contributed by atoms with E-state index in [2.05, 4.69) is 9.98 Å². The van der Waals surface area contributed by atoms with Gasteiger partial charge in [-0.2, -0.15) is 0 Å². The van der Waals surface area contributed by atoms with Crippen molar-refractivity contribution < 1.29 is 9.59 Å². The lowest BCUT2D eigenvalue weighted by Crippen LogP contribution is -2.32. The first-order valence-corrected chi connectivity index (χ1v) is 5.40. The van der Waals surface area contributed by atoms with Gasteiger partial charge in [-0.25, -0.2) is 19.6 Å². The van der Waals surface area contributed by atoms with Gasteiger partial charge < -0.3 is 0 Å². The number of unbranched alkanes of at least 4 members (excludes halogenated alkanes) is 1. The van der Waals surface area contributed by atoms with Crippen LogP contribution in [0.1, 0.15) is 38.5 Å². The predicted octanol–water partition coefficient (Wildman–Crippen LogP) is 2.00. The molecule has 0 amide bonds. The normalized spacial score (nSPS) is 17.1. The molecule has 4 heteroatoms. The van der Waals surface area contributed by atoms with Crippen LogP contribution in [0.2, 0.25) is 0 Å². The summed E-state index contributed by atoms with van der Waals surface area (Å²) in [6, 6.07) is 0. The fourth-order valence-electron chi connectivity index (χ4n) is 2.10. The first-order chi connectivity index (χ1) is 7.33. The Labute approximate surface area is 89.5 Å². The second-order valence-electron chi connectivity index (χ2n) is 4.19. The van der Waals surface area contributed by atoms with Crippen molar-refractivity contribution in [3.8, 4) is 0 Å². The van der Waals surface area contributed by atoms with E-state index in [1.807, 2.05) is 0 Å². The molecule has 0 aromatic carbocycles. The van der Waals surface area contributed by atoms with Crippen LogP contribution in [0.5, 0.6) is 0 Å². The van der Waals surface area contributed by atoms with Crippen LogP contribution in [-0.2, 0) is 9.59 Å². The fourth-order valence-corrected chi connectivity index (χ4v) is 2.10. The van der Waals surface area contributed by atoms with E-state index in [9.17, 15) is 9.59 Å².